The van der Waals surface area contributed by atoms with Crippen LogP contribution in [-0.4, -0.2) is 40.7 Å². The molecule has 1 N–H and O–H groups in total. The Labute approximate surface area is 129 Å². The quantitative estimate of drug-likeness (QED) is 0.850. The van der Waals surface area contributed by atoms with E-state index in [2.05, 4.69) is 0 Å². The van der Waals surface area contributed by atoms with Gasteiger partial charge in [-0.15, -0.1) is 11.8 Å². The average molecular weight is 307 g/mol. The van der Waals surface area contributed by atoms with Crippen molar-refractivity contribution in [3.63, 3.8) is 0 Å². The molecule has 0 saturated carbocycles. The zero-order valence-corrected chi connectivity index (χ0v) is 13.3. The Kier molecular flexibility index (Phi) is 4.93. The van der Waals surface area contributed by atoms with Gasteiger partial charge in [-0.05, 0) is 31.9 Å². The molecule has 0 aliphatic carbocycles. The summed E-state index contributed by atoms with van der Waals surface area (Å²) >= 11 is 1.50. The molecule has 1 unspecified atom stereocenters. The summed E-state index contributed by atoms with van der Waals surface area (Å²) in [6.07, 6.45) is 1.12. The van der Waals surface area contributed by atoms with Crippen LogP contribution in [0, 0.1) is 12.3 Å². The fourth-order valence-electron chi connectivity index (χ4n) is 2.57. The third kappa shape index (κ3) is 3.59. The molecule has 1 fully saturated rings. The second kappa shape index (κ2) is 6.52. The number of aliphatic carboxylic acids is 1. The fraction of sp³-hybridized carbons (Fsp3) is 0.500. The van der Waals surface area contributed by atoms with E-state index >= 15 is 0 Å². The van der Waals surface area contributed by atoms with Gasteiger partial charge in [0.15, 0.2) is 0 Å². The van der Waals surface area contributed by atoms with E-state index in [1.807, 2.05) is 38.1 Å². The number of carbonyl (C=O) groups excluding carboxylic acids is 1. The van der Waals surface area contributed by atoms with Crippen LogP contribution < -0.4 is 0 Å². The number of likely N-dealkylation sites (tertiary alicyclic amines) is 1. The van der Waals surface area contributed by atoms with Gasteiger partial charge in [0.1, 0.15) is 0 Å². The summed E-state index contributed by atoms with van der Waals surface area (Å²) in [5.41, 5.74) is 0.448. The Bertz CT molecular complexity index is 529. The third-order valence-corrected chi connectivity index (χ3v) is 5.22. The summed E-state index contributed by atoms with van der Waals surface area (Å²) in [6.45, 7) is 4.79. The molecule has 0 radical (unpaired) electrons. The number of carbonyl (C=O) groups is 2. The van der Waals surface area contributed by atoms with E-state index in [4.69, 9.17) is 0 Å². The Morgan fingerprint density at radius 3 is 2.52 bits per heavy atom. The van der Waals surface area contributed by atoms with Crippen LogP contribution in [0.25, 0.3) is 0 Å². The minimum absolute atomic E-state index is 0.0251. The molecule has 0 spiro atoms. The summed E-state index contributed by atoms with van der Waals surface area (Å²) in [5, 5.41) is 9.35. The molecule has 1 aromatic rings. The van der Waals surface area contributed by atoms with Crippen LogP contribution in [0.4, 0.5) is 0 Å². The normalized spacial score (nSPS) is 21.5. The number of thioether (sulfide) groups is 1. The van der Waals surface area contributed by atoms with Crippen LogP contribution in [-0.2, 0) is 9.59 Å². The SMILES string of the molecule is CCC1(C(=O)O)CCN(C(=O)CSc2ccc(C)cc2)C1. The van der Waals surface area contributed by atoms with Gasteiger partial charge in [-0.3, -0.25) is 9.59 Å². The van der Waals surface area contributed by atoms with Crippen molar-refractivity contribution in [3.8, 4) is 0 Å². The minimum Gasteiger partial charge on any atom is -0.481 e. The second-order valence-corrected chi connectivity index (χ2v) is 6.65. The first kappa shape index (κ1) is 15.9. The molecule has 4 nitrogen and oxygen atoms in total. The first-order chi connectivity index (χ1) is 9.97. The molecule has 5 heteroatoms. The molecular weight excluding hydrogens is 286 g/mol. The average Bonchev–Trinajstić information content (AvgIpc) is 2.92. The highest BCUT2D eigenvalue weighted by Gasteiger charge is 2.44. The number of hydrogen-bond donors (Lipinski definition) is 1. The highest BCUT2D eigenvalue weighted by Crippen LogP contribution is 2.34. The number of aryl methyl sites for hydroxylation is 1. The van der Waals surface area contributed by atoms with E-state index in [0.29, 0.717) is 31.7 Å². The summed E-state index contributed by atoms with van der Waals surface area (Å²) in [6, 6.07) is 8.06. The van der Waals surface area contributed by atoms with Crippen LogP contribution in [0.3, 0.4) is 0 Å². The molecule has 1 atom stereocenters. The van der Waals surface area contributed by atoms with E-state index in [1.165, 1.54) is 17.3 Å². The summed E-state index contributed by atoms with van der Waals surface area (Å²) < 4.78 is 0. The summed E-state index contributed by atoms with van der Waals surface area (Å²) in [5.74, 6) is -0.397. The molecule has 1 aliphatic rings. The van der Waals surface area contributed by atoms with Gasteiger partial charge < -0.3 is 10.0 Å². The van der Waals surface area contributed by atoms with Gasteiger partial charge in [-0.1, -0.05) is 24.6 Å². The lowest BCUT2D eigenvalue weighted by Crippen LogP contribution is -2.37. The number of carboxylic acids is 1. The van der Waals surface area contributed by atoms with Crippen LogP contribution in [0.2, 0.25) is 0 Å². The summed E-state index contributed by atoms with van der Waals surface area (Å²) in [7, 11) is 0. The monoisotopic (exact) mass is 307 g/mol. The van der Waals surface area contributed by atoms with Crippen molar-refractivity contribution in [1.82, 2.24) is 4.90 Å². The molecule has 0 bridgehead atoms. The van der Waals surface area contributed by atoms with Gasteiger partial charge in [-0.2, -0.15) is 0 Å². The number of benzene rings is 1. The van der Waals surface area contributed by atoms with E-state index in [9.17, 15) is 14.7 Å². The van der Waals surface area contributed by atoms with Crippen molar-refractivity contribution < 1.29 is 14.7 Å². The van der Waals surface area contributed by atoms with Crippen LogP contribution in [0.1, 0.15) is 25.3 Å². The number of hydrogen-bond acceptors (Lipinski definition) is 3. The van der Waals surface area contributed by atoms with Gasteiger partial charge in [0.2, 0.25) is 5.91 Å². The molecule has 21 heavy (non-hydrogen) atoms. The van der Waals surface area contributed by atoms with Gasteiger partial charge in [-0.25, -0.2) is 0 Å². The van der Waals surface area contributed by atoms with Crippen molar-refractivity contribution in [1.29, 1.82) is 0 Å². The van der Waals surface area contributed by atoms with E-state index in [0.717, 1.165) is 4.90 Å². The van der Waals surface area contributed by atoms with Gasteiger partial charge >= 0.3 is 5.97 Å². The van der Waals surface area contributed by atoms with E-state index in [-0.39, 0.29) is 5.91 Å². The van der Waals surface area contributed by atoms with Crippen molar-refractivity contribution in [2.45, 2.75) is 31.6 Å². The number of rotatable bonds is 5. The van der Waals surface area contributed by atoms with Gasteiger partial charge in [0.25, 0.3) is 0 Å². The van der Waals surface area contributed by atoms with Crippen LogP contribution >= 0.6 is 11.8 Å². The number of amides is 1. The molecule has 1 heterocycles. The standard InChI is InChI=1S/C16H21NO3S/c1-3-16(15(19)20)8-9-17(11-16)14(18)10-21-13-6-4-12(2)5-7-13/h4-7H,3,8-11H2,1-2H3,(H,19,20). The minimum atomic E-state index is -0.786. The van der Waals surface area contributed by atoms with Gasteiger partial charge in [0.05, 0.1) is 11.2 Å². The van der Waals surface area contributed by atoms with Crippen molar-refractivity contribution in [3.05, 3.63) is 29.8 Å². The molecule has 2 rings (SSSR count). The topological polar surface area (TPSA) is 57.6 Å². The maximum absolute atomic E-state index is 12.2. The zero-order chi connectivity index (χ0) is 15.5. The molecule has 1 aliphatic heterocycles. The molecule has 114 valence electrons. The molecule has 1 amide bonds. The first-order valence-corrected chi connectivity index (χ1v) is 8.16. The maximum atomic E-state index is 12.2. The molecule has 0 aromatic heterocycles. The van der Waals surface area contributed by atoms with E-state index < -0.39 is 11.4 Å². The predicted molar refractivity (Wildman–Crippen MR) is 83.5 cm³/mol. The maximum Gasteiger partial charge on any atom is 0.311 e. The highest BCUT2D eigenvalue weighted by atomic mass is 32.2. The smallest absolute Gasteiger partial charge is 0.311 e. The van der Waals surface area contributed by atoms with Crippen LogP contribution in [0.15, 0.2) is 29.2 Å². The van der Waals surface area contributed by atoms with E-state index in [1.54, 1.807) is 4.90 Å². The lowest BCUT2D eigenvalue weighted by molar-refractivity contribution is -0.148. The van der Waals surface area contributed by atoms with Crippen molar-refractivity contribution >= 4 is 23.6 Å². The third-order valence-electron chi connectivity index (χ3n) is 4.22. The molecular formula is C16H21NO3S. The Hall–Kier alpha value is -1.49. The number of carboxylic acid groups (broad SMARTS) is 1. The van der Waals surface area contributed by atoms with Gasteiger partial charge in [0, 0.05) is 18.0 Å². The van der Waals surface area contributed by atoms with Crippen molar-refractivity contribution in [2.24, 2.45) is 5.41 Å². The second-order valence-electron chi connectivity index (χ2n) is 5.61. The summed E-state index contributed by atoms with van der Waals surface area (Å²) in [4.78, 5) is 26.4. The Morgan fingerprint density at radius 1 is 1.33 bits per heavy atom. The van der Waals surface area contributed by atoms with Crippen molar-refractivity contribution in [2.75, 3.05) is 18.8 Å². The first-order valence-electron chi connectivity index (χ1n) is 7.17. The number of nitrogens with zero attached hydrogens (tertiary/aromatic N) is 1. The lowest BCUT2D eigenvalue weighted by atomic mass is 9.84. The zero-order valence-electron chi connectivity index (χ0n) is 12.5. The Balaban J connectivity index is 1.90. The van der Waals surface area contributed by atoms with Crippen LogP contribution in [0.5, 0.6) is 0 Å². The lowest BCUT2D eigenvalue weighted by Gasteiger charge is -2.23. The Morgan fingerprint density at radius 2 is 2.00 bits per heavy atom. The predicted octanol–water partition coefficient (Wildman–Crippen LogP) is 2.80. The largest absolute Gasteiger partial charge is 0.481 e. The molecule has 1 saturated heterocycles. The highest BCUT2D eigenvalue weighted by molar-refractivity contribution is 8.00. The fourth-order valence-corrected chi connectivity index (χ4v) is 3.37. The molecule has 1 aromatic carbocycles.